The van der Waals surface area contributed by atoms with Crippen LogP contribution in [-0.4, -0.2) is 11.1 Å². The van der Waals surface area contributed by atoms with Gasteiger partial charge in [0.1, 0.15) is 0 Å². The third-order valence-electron chi connectivity index (χ3n) is 6.61. The first-order valence-electron chi connectivity index (χ1n) is 10.8. The molecule has 1 fully saturated rings. The van der Waals surface area contributed by atoms with E-state index in [1.165, 1.54) is 61.6 Å². The van der Waals surface area contributed by atoms with Crippen molar-refractivity contribution in [2.45, 2.75) is 64.2 Å². The van der Waals surface area contributed by atoms with E-state index in [2.05, 4.69) is 44.2 Å². The second-order valence-electron chi connectivity index (χ2n) is 9.09. The first kappa shape index (κ1) is 19.7. The molecule has 4 rings (SSSR count). The minimum atomic E-state index is -0.888. The van der Waals surface area contributed by atoms with E-state index in [0.717, 1.165) is 5.56 Å². The first-order chi connectivity index (χ1) is 13.9. The van der Waals surface area contributed by atoms with Gasteiger partial charge in [0.2, 0.25) is 0 Å². The maximum Gasteiger partial charge on any atom is 0.335 e. The molecule has 0 heterocycles. The average Bonchev–Trinajstić information content (AvgIpc) is 2.73. The van der Waals surface area contributed by atoms with Crippen LogP contribution >= 0.6 is 0 Å². The van der Waals surface area contributed by atoms with Gasteiger partial charge >= 0.3 is 5.97 Å². The maximum atomic E-state index is 11.0. The second-order valence-corrected chi connectivity index (χ2v) is 9.09. The quantitative estimate of drug-likeness (QED) is 0.560. The van der Waals surface area contributed by atoms with E-state index in [0.29, 0.717) is 5.56 Å². The molecule has 29 heavy (non-hydrogen) atoms. The molecular weight excluding hydrogens is 356 g/mol. The van der Waals surface area contributed by atoms with Gasteiger partial charge in [0.15, 0.2) is 0 Å². The molecule has 0 atom stereocenters. The van der Waals surface area contributed by atoms with Gasteiger partial charge in [-0.25, -0.2) is 4.79 Å². The minimum Gasteiger partial charge on any atom is -0.478 e. The monoisotopic (exact) mass is 386 g/mol. The van der Waals surface area contributed by atoms with Crippen molar-refractivity contribution in [3.05, 3.63) is 75.9 Å². The Bertz CT molecular complexity index is 966. The molecule has 0 saturated heterocycles. The number of carboxylic acid groups (broad SMARTS) is 1. The van der Waals surface area contributed by atoms with E-state index in [9.17, 15) is 4.79 Å². The van der Waals surface area contributed by atoms with E-state index < -0.39 is 5.97 Å². The summed E-state index contributed by atoms with van der Waals surface area (Å²) in [5.41, 5.74) is 9.02. The number of allylic oxidation sites excluding steroid dienone is 2. The average molecular weight is 387 g/mol. The second kappa shape index (κ2) is 8.02. The van der Waals surface area contributed by atoms with Crippen molar-refractivity contribution in [3.63, 3.8) is 0 Å². The number of rotatable bonds is 3. The maximum absolute atomic E-state index is 11.0. The predicted molar refractivity (Wildman–Crippen MR) is 121 cm³/mol. The Morgan fingerprint density at radius 3 is 2.24 bits per heavy atom. The van der Waals surface area contributed by atoms with E-state index >= 15 is 0 Å². The molecule has 2 heteroatoms. The lowest BCUT2D eigenvalue weighted by molar-refractivity contribution is 0.0697. The fourth-order valence-corrected chi connectivity index (χ4v) is 4.79. The Hall–Kier alpha value is -2.61. The third-order valence-corrected chi connectivity index (χ3v) is 6.61. The molecule has 0 unspecified atom stereocenters. The number of carbonyl (C=O) groups is 1. The molecule has 0 aromatic heterocycles. The van der Waals surface area contributed by atoms with Gasteiger partial charge in [0.25, 0.3) is 0 Å². The number of carboxylic acids is 1. The van der Waals surface area contributed by atoms with Crippen LogP contribution in [0.5, 0.6) is 0 Å². The van der Waals surface area contributed by atoms with Crippen LogP contribution in [0.4, 0.5) is 0 Å². The predicted octanol–water partition coefficient (Wildman–Crippen LogP) is 7.34. The Morgan fingerprint density at radius 1 is 0.897 bits per heavy atom. The van der Waals surface area contributed by atoms with E-state index in [-0.39, 0.29) is 5.41 Å². The van der Waals surface area contributed by atoms with E-state index in [4.69, 9.17) is 5.11 Å². The molecule has 2 aliphatic rings. The van der Waals surface area contributed by atoms with Crippen molar-refractivity contribution in [1.82, 2.24) is 0 Å². The van der Waals surface area contributed by atoms with Gasteiger partial charge < -0.3 is 5.11 Å². The van der Waals surface area contributed by atoms with Crippen LogP contribution in [0.3, 0.4) is 0 Å². The smallest absolute Gasteiger partial charge is 0.335 e. The van der Waals surface area contributed by atoms with Crippen molar-refractivity contribution in [2.75, 3.05) is 0 Å². The number of hydrogen-bond donors (Lipinski definition) is 1. The highest BCUT2D eigenvalue weighted by Crippen LogP contribution is 2.45. The van der Waals surface area contributed by atoms with Crippen LogP contribution in [0.2, 0.25) is 0 Å². The number of aromatic carboxylic acids is 1. The van der Waals surface area contributed by atoms with Crippen LogP contribution < -0.4 is 0 Å². The van der Waals surface area contributed by atoms with Crippen molar-refractivity contribution in [3.8, 4) is 0 Å². The van der Waals surface area contributed by atoms with E-state index in [1.807, 2.05) is 12.1 Å². The molecule has 1 saturated carbocycles. The van der Waals surface area contributed by atoms with Gasteiger partial charge in [-0.15, -0.1) is 0 Å². The van der Waals surface area contributed by atoms with Crippen molar-refractivity contribution in [2.24, 2.45) is 0 Å². The number of benzene rings is 2. The zero-order valence-corrected chi connectivity index (χ0v) is 17.5. The standard InChI is InChI=1S/C27H30O2/c1-27(2)17-16-23(21-6-4-3-5-7-21)24-18-20(12-15-25(24)27)9-8-19-10-13-22(14-11-19)26(28)29/h8-15,18H,3-7,16-17H2,1-2H3,(H,28,29)/b9-8+. The molecule has 0 spiro atoms. The summed E-state index contributed by atoms with van der Waals surface area (Å²) < 4.78 is 0. The zero-order valence-electron chi connectivity index (χ0n) is 17.5. The van der Waals surface area contributed by atoms with Crippen LogP contribution in [0.1, 0.15) is 91.4 Å². The van der Waals surface area contributed by atoms with Crippen molar-refractivity contribution in [1.29, 1.82) is 0 Å². The molecule has 0 bridgehead atoms. The molecule has 0 radical (unpaired) electrons. The number of hydrogen-bond acceptors (Lipinski definition) is 1. The van der Waals surface area contributed by atoms with Gasteiger partial charge in [-0.3, -0.25) is 0 Å². The summed E-state index contributed by atoms with van der Waals surface area (Å²) in [7, 11) is 0. The van der Waals surface area contributed by atoms with Gasteiger partial charge in [-0.05, 0) is 90.0 Å². The Balaban J connectivity index is 1.67. The highest BCUT2D eigenvalue weighted by atomic mass is 16.4. The van der Waals surface area contributed by atoms with Crippen LogP contribution in [0, 0.1) is 0 Å². The summed E-state index contributed by atoms with van der Waals surface area (Å²) in [6.07, 6.45) is 13.2. The lowest BCUT2D eigenvalue weighted by Gasteiger charge is -2.36. The first-order valence-corrected chi connectivity index (χ1v) is 10.8. The Morgan fingerprint density at radius 2 is 1.55 bits per heavy atom. The van der Waals surface area contributed by atoms with Gasteiger partial charge in [0.05, 0.1) is 5.56 Å². The van der Waals surface area contributed by atoms with Gasteiger partial charge in [-0.1, -0.05) is 62.3 Å². The SMILES string of the molecule is CC1(C)CCC(=C2CCCCC2)c2cc(/C=C/c3ccc(C(=O)O)cc3)ccc21. The zero-order chi connectivity index (χ0) is 20.4. The lowest BCUT2D eigenvalue weighted by Crippen LogP contribution is -2.24. The lowest BCUT2D eigenvalue weighted by atomic mass is 9.69. The number of fused-ring (bicyclic) bond motifs is 1. The molecule has 1 N–H and O–H groups in total. The highest BCUT2D eigenvalue weighted by Gasteiger charge is 2.31. The fourth-order valence-electron chi connectivity index (χ4n) is 4.79. The summed E-state index contributed by atoms with van der Waals surface area (Å²) in [5, 5.41) is 9.05. The summed E-state index contributed by atoms with van der Waals surface area (Å²) in [6.45, 7) is 4.74. The molecule has 2 aromatic rings. The summed E-state index contributed by atoms with van der Waals surface area (Å²) in [4.78, 5) is 11.0. The van der Waals surface area contributed by atoms with E-state index in [1.54, 1.807) is 23.3 Å². The van der Waals surface area contributed by atoms with Crippen LogP contribution in [0.25, 0.3) is 17.7 Å². The molecule has 0 amide bonds. The van der Waals surface area contributed by atoms with Gasteiger partial charge in [0, 0.05) is 0 Å². The Labute approximate surface area is 174 Å². The largest absolute Gasteiger partial charge is 0.478 e. The molecule has 150 valence electrons. The topological polar surface area (TPSA) is 37.3 Å². The Kier molecular flexibility index (Phi) is 5.45. The molecular formula is C27H30O2. The molecule has 0 aliphatic heterocycles. The normalized spacial score (nSPS) is 18.7. The summed E-state index contributed by atoms with van der Waals surface area (Å²) >= 11 is 0. The van der Waals surface area contributed by atoms with Gasteiger partial charge in [-0.2, -0.15) is 0 Å². The molecule has 2 aromatic carbocycles. The fraction of sp³-hybridized carbons (Fsp3) is 0.370. The van der Waals surface area contributed by atoms with Crippen LogP contribution in [0.15, 0.2) is 48.0 Å². The van der Waals surface area contributed by atoms with Crippen molar-refractivity contribution >= 4 is 23.7 Å². The minimum absolute atomic E-state index is 0.225. The summed E-state index contributed by atoms with van der Waals surface area (Å²) in [6, 6.07) is 13.9. The highest BCUT2D eigenvalue weighted by molar-refractivity contribution is 5.88. The summed E-state index contributed by atoms with van der Waals surface area (Å²) in [5.74, 6) is -0.888. The molecule has 2 aliphatic carbocycles. The molecule has 2 nitrogen and oxygen atoms in total. The van der Waals surface area contributed by atoms with Crippen molar-refractivity contribution < 1.29 is 9.90 Å². The van der Waals surface area contributed by atoms with Crippen LogP contribution in [-0.2, 0) is 5.41 Å². The third kappa shape index (κ3) is 4.22.